The summed E-state index contributed by atoms with van der Waals surface area (Å²) in [6, 6.07) is 9.80. The first-order valence-corrected chi connectivity index (χ1v) is 6.60. The second-order valence-corrected chi connectivity index (χ2v) is 5.20. The number of benzene rings is 1. The van der Waals surface area contributed by atoms with Crippen molar-refractivity contribution in [3.05, 3.63) is 36.2 Å². The summed E-state index contributed by atoms with van der Waals surface area (Å²) in [5.74, 6) is 1.31. The highest BCUT2D eigenvalue weighted by Gasteiger charge is 2.22. The van der Waals surface area contributed by atoms with Crippen LogP contribution in [-0.2, 0) is 6.42 Å². The molecule has 1 aromatic heterocycles. The van der Waals surface area contributed by atoms with Gasteiger partial charge in [-0.2, -0.15) is 4.68 Å². The van der Waals surface area contributed by atoms with Crippen molar-refractivity contribution in [1.29, 1.82) is 0 Å². The minimum atomic E-state index is -0.374. The molecule has 1 aromatic carbocycles. The molecule has 2 atom stereocenters. The van der Waals surface area contributed by atoms with Gasteiger partial charge in [-0.25, -0.2) is 0 Å². The number of hydrogen-bond acceptors (Lipinski definition) is 4. The van der Waals surface area contributed by atoms with Gasteiger partial charge in [-0.3, -0.25) is 0 Å². The molecule has 5 nitrogen and oxygen atoms in total. The molecule has 0 aliphatic heterocycles. The summed E-state index contributed by atoms with van der Waals surface area (Å²) in [5.41, 5.74) is 0.940. The van der Waals surface area contributed by atoms with Crippen LogP contribution in [0.1, 0.15) is 26.6 Å². The predicted molar refractivity (Wildman–Crippen MR) is 72.9 cm³/mol. The van der Waals surface area contributed by atoms with E-state index < -0.39 is 0 Å². The van der Waals surface area contributed by atoms with E-state index in [1.54, 1.807) is 4.68 Å². The monoisotopic (exact) mass is 260 g/mol. The predicted octanol–water partition coefficient (Wildman–Crippen LogP) is 1.86. The molecule has 0 spiro atoms. The number of tetrazole rings is 1. The molecule has 0 aliphatic rings. The van der Waals surface area contributed by atoms with E-state index in [4.69, 9.17) is 0 Å². The van der Waals surface area contributed by atoms with Gasteiger partial charge in [0.25, 0.3) is 0 Å². The van der Waals surface area contributed by atoms with Crippen LogP contribution in [0.15, 0.2) is 30.3 Å². The van der Waals surface area contributed by atoms with Gasteiger partial charge < -0.3 is 5.11 Å². The maximum Gasteiger partial charge on any atom is 0.157 e. The lowest BCUT2D eigenvalue weighted by molar-refractivity contribution is 0.0960. The zero-order chi connectivity index (χ0) is 13.8. The van der Waals surface area contributed by atoms with E-state index in [0.717, 1.165) is 11.5 Å². The highest BCUT2D eigenvalue weighted by Crippen LogP contribution is 2.20. The van der Waals surface area contributed by atoms with Crippen molar-refractivity contribution in [2.24, 2.45) is 11.8 Å². The number of aromatic nitrogens is 4. The normalized spacial score (nSPS) is 14.6. The molecule has 0 bridgehead atoms. The number of aliphatic hydroxyl groups excluding tert-OH is 1. The standard InChI is InChI=1S/C14H20N4O/c1-10(2)13(11(3)19)9-14-15-16-17-18(14)12-7-5-4-6-8-12/h4-8,10-11,13,19H,9H2,1-3H3. The minimum Gasteiger partial charge on any atom is -0.393 e. The van der Waals surface area contributed by atoms with Crippen LogP contribution in [-0.4, -0.2) is 31.4 Å². The Morgan fingerprint density at radius 2 is 1.84 bits per heavy atom. The summed E-state index contributed by atoms with van der Waals surface area (Å²) in [5, 5.41) is 21.7. The van der Waals surface area contributed by atoms with E-state index in [0.29, 0.717) is 12.3 Å². The maximum absolute atomic E-state index is 9.86. The van der Waals surface area contributed by atoms with Gasteiger partial charge in [0.15, 0.2) is 5.82 Å². The second kappa shape index (κ2) is 5.93. The summed E-state index contributed by atoms with van der Waals surface area (Å²) in [4.78, 5) is 0. The van der Waals surface area contributed by atoms with E-state index >= 15 is 0 Å². The number of para-hydroxylation sites is 1. The van der Waals surface area contributed by atoms with Crippen molar-refractivity contribution in [2.75, 3.05) is 0 Å². The Kier molecular flexibility index (Phi) is 4.27. The SMILES string of the molecule is CC(C)C(Cc1nnnn1-c1ccccc1)C(C)O. The van der Waals surface area contributed by atoms with Gasteiger partial charge in [0.05, 0.1) is 11.8 Å². The molecule has 1 N–H and O–H groups in total. The molecular formula is C14H20N4O. The van der Waals surface area contributed by atoms with E-state index in [1.807, 2.05) is 37.3 Å². The summed E-state index contributed by atoms with van der Waals surface area (Å²) >= 11 is 0. The van der Waals surface area contributed by atoms with Crippen molar-refractivity contribution >= 4 is 0 Å². The largest absolute Gasteiger partial charge is 0.393 e. The number of hydrogen-bond donors (Lipinski definition) is 1. The molecule has 2 aromatic rings. The van der Waals surface area contributed by atoms with Crippen LogP contribution < -0.4 is 0 Å². The van der Waals surface area contributed by atoms with Crippen LogP contribution in [0, 0.1) is 11.8 Å². The third-order valence-electron chi connectivity index (χ3n) is 3.43. The van der Waals surface area contributed by atoms with Crippen LogP contribution in [0.5, 0.6) is 0 Å². The molecule has 102 valence electrons. The molecule has 19 heavy (non-hydrogen) atoms. The van der Waals surface area contributed by atoms with Gasteiger partial charge in [-0.15, -0.1) is 5.10 Å². The van der Waals surface area contributed by atoms with Gasteiger partial charge in [0, 0.05) is 6.42 Å². The Labute approximate surface area is 113 Å². The molecule has 0 radical (unpaired) electrons. The first-order valence-electron chi connectivity index (χ1n) is 6.60. The molecular weight excluding hydrogens is 240 g/mol. The van der Waals surface area contributed by atoms with Crippen molar-refractivity contribution in [3.63, 3.8) is 0 Å². The van der Waals surface area contributed by atoms with E-state index in [9.17, 15) is 5.11 Å². The average Bonchev–Trinajstić information content (AvgIpc) is 2.84. The summed E-state index contributed by atoms with van der Waals surface area (Å²) in [6.45, 7) is 6.03. The van der Waals surface area contributed by atoms with Crippen LogP contribution >= 0.6 is 0 Å². The molecule has 0 fully saturated rings. The zero-order valence-electron chi connectivity index (χ0n) is 11.6. The van der Waals surface area contributed by atoms with Crippen LogP contribution in [0.25, 0.3) is 5.69 Å². The molecule has 0 amide bonds. The lowest BCUT2D eigenvalue weighted by Crippen LogP contribution is -2.26. The van der Waals surface area contributed by atoms with Crippen molar-refractivity contribution in [1.82, 2.24) is 20.2 Å². The average molecular weight is 260 g/mol. The van der Waals surface area contributed by atoms with Gasteiger partial charge >= 0.3 is 0 Å². The Morgan fingerprint density at radius 3 is 2.42 bits per heavy atom. The van der Waals surface area contributed by atoms with Crippen LogP contribution in [0.3, 0.4) is 0 Å². The molecule has 5 heteroatoms. The Hall–Kier alpha value is -1.75. The molecule has 0 saturated heterocycles. The maximum atomic E-state index is 9.86. The van der Waals surface area contributed by atoms with Gasteiger partial charge in [-0.05, 0) is 41.3 Å². The molecule has 1 heterocycles. The Balaban J connectivity index is 2.25. The third kappa shape index (κ3) is 3.17. The highest BCUT2D eigenvalue weighted by atomic mass is 16.3. The quantitative estimate of drug-likeness (QED) is 0.891. The highest BCUT2D eigenvalue weighted by molar-refractivity contribution is 5.30. The van der Waals surface area contributed by atoms with Crippen molar-refractivity contribution in [3.8, 4) is 5.69 Å². The first-order chi connectivity index (χ1) is 9.09. The molecule has 2 rings (SSSR count). The summed E-state index contributed by atoms with van der Waals surface area (Å²) < 4.78 is 1.73. The molecule has 2 unspecified atom stereocenters. The third-order valence-corrected chi connectivity index (χ3v) is 3.43. The number of nitrogens with zero attached hydrogens (tertiary/aromatic N) is 4. The second-order valence-electron chi connectivity index (χ2n) is 5.20. The lowest BCUT2D eigenvalue weighted by Gasteiger charge is -2.23. The molecule has 0 aliphatic carbocycles. The fourth-order valence-corrected chi connectivity index (χ4v) is 2.28. The van der Waals surface area contributed by atoms with Crippen LogP contribution in [0.2, 0.25) is 0 Å². The molecule has 0 saturated carbocycles. The number of rotatable bonds is 5. The fourth-order valence-electron chi connectivity index (χ4n) is 2.28. The van der Waals surface area contributed by atoms with Gasteiger partial charge in [0.2, 0.25) is 0 Å². The van der Waals surface area contributed by atoms with E-state index in [2.05, 4.69) is 29.4 Å². The van der Waals surface area contributed by atoms with Crippen molar-refractivity contribution in [2.45, 2.75) is 33.3 Å². The first kappa shape index (κ1) is 13.7. The van der Waals surface area contributed by atoms with Gasteiger partial charge in [0.1, 0.15) is 0 Å². The van der Waals surface area contributed by atoms with E-state index in [-0.39, 0.29) is 12.0 Å². The smallest absolute Gasteiger partial charge is 0.157 e. The summed E-state index contributed by atoms with van der Waals surface area (Å²) in [6.07, 6.45) is 0.290. The topological polar surface area (TPSA) is 63.8 Å². The summed E-state index contributed by atoms with van der Waals surface area (Å²) in [7, 11) is 0. The minimum absolute atomic E-state index is 0.147. The lowest BCUT2D eigenvalue weighted by atomic mass is 9.88. The zero-order valence-corrected chi connectivity index (χ0v) is 11.6. The van der Waals surface area contributed by atoms with E-state index in [1.165, 1.54) is 0 Å². The van der Waals surface area contributed by atoms with Crippen LogP contribution in [0.4, 0.5) is 0 Å². The fraction of sp³-hybridized carbons (Fsp3) is 0.500. The number of aliphatic hydroxyl groups is 1. The Morgan fingerprint density at radius 1 is 1.16 bits per heavy atom. The van der Waals surface area contributed by atoms with Gasteiger partial charge in [-0.1, -0.05) is 32.0 Å². The Bertz CT molecular complexity index is 499. The van der Waals surface area contributed by atoms with Crippen molar-refractivity contribution < 1.29 is 5.11 Å².